The highest BCUT2D eigenvalue weighted by Crippen LogP contribution is 2.32. The van der Waals surface area contributed by atoms with Gasteiger partial charge in [-0.15, -0.1) is 15.3 Å². The number of fused-ring (bicyclic) bond motifs is 1. The van der Waals surface area contributed by atoms with Crippen LogP contribution >= 0.6 is 11.6 Å². The molecule has 7 nitrogen and oxygen atoms in total. The molecule has 0 bridgehead atoms. The van der Waals surface area contributed by atoms with Gasteiger partial charge in [0.2, 0.25) is 0 Å². The lowest BCUT2D eigenvalue weighted by atomic mass is 9.96. The maximum absolute atomic E-state index is 6.27. The van der Waals surface area contributed by atoms with Gasteiger partial charge in [0.15, 0.2) is 11.5 Å². The Morgan fingerprint density at radius 3 is 2.64 bits per heavy atom. The van der Waals surface area contributed by atoms with E-state index in [2.05, 4.69) is 25.2 Å². The van der Waals surface area contributed by atoms with E-state index in [0.29, 0.717) is 10.9 Å². The fourth-order valence-electron chi connectivity index (χ4n) is 3.29. The topological polar surface area (TPSA) is 62.5 Å². The molecular formula is C17H20ClN7. The smallest absolute Gasteiger partial charge is 0.178 e. The molecule has 1 aliphatic heterocycles. The molecule has 8 heteroatoms. The first-order valence-corrected chi connectivity index (χ1v) is 8.75. The summed E-state index contributed by atoms with van der Waals surface area (Å²) in [6.07, 6.45) is 5.47. The van der Waals surface area contributed by atoms with Crippen molar-refractivity contribution in [2.45, 2.75) is 18.8 Å². The number of aromatic nitrogens is 5. The van der Waals surface area contributed by atoms with Gasteiger partial charge in [-0.25, -0.2) is 0 Å². The third-order valence-electron chi connectivity index (χ3n) is 4.68. The van der Waals surface area contributed by atoms with Crippen molar-refractivity contribution in [2.75, 3.05) is 37.0 Å². The molecule has 0 saturated carbocycles. The Balaban J connectivity index is 1.56. The lowest BCUT2D eigenvalue weighted by Gasteiger charge is -2.33. The van der Waals surface area contributed by atoms with E-state index in [1.807, 2.05) is 41.7 Å². The summed E-state index contributed by atoms with van der Waals surface area (Å²) in [4.78, 5) is 8.35. The van der Waals surface area contributed by atoms with Crippen LogP contribution in [0.15, 0.2) is 30.6 Å². The average molecular weight is 358 g/mol. The van der Waals surface area contributed by atoms with Gasteiger partial charge in [0, 0.05) is 45.5 Å². The Hall–Kier alpha value is -2.41. The maximum atomic E-state index is 6.27. The number of hydrogen-bond donors (Lipinski definition) is 0. The van der Waals surface area contributed by atoms with Crippen molar-refractivity contribution in [3.63, 3.8) is 0 Å². The van der Waals surface area contributed by atoms with E-state index >= 15 is 0 Å². The molecule has 0 amide bonds. The van der Waals surface area contributed by atoms with Crippen molar-refractivity contribution in [1.82, 2.24) is 24.8 Å². The highest BCUT2D eigenvalue weighted by Gasteiger charge is 2.26. The molecule has 0 unspecified atom stereocenters. The second kappa shape index (κ2) is 6.48. The molecule has 0 aliphatic carbocycles. The van der Waals surface area contributed by atoms with E-state index in [1.165, 1.54) is 0 Å². The Kier molecular flexibility index (Phi) is 4.17. The van der Waals surface area contributed by atoms with Crippen molar-refractivity contribution in [3.8, 4) is 0 Å². The summed E-state index contributed by atoms with van der Waals surface area (Å²) in [5, 5.41) is 14.1. The summed E-state index contributed by atoms with van der Waals surface area (Å²) in [6, 6.07) is 5.90. The van der Waals surface area contributed by atoms with Crippen LogP contribution in [-0.4, -0.2) is 52.0 Å². The Morgan fingerprint density at radius 1 is 1.12 bits per heavy atom. The van der Waals surface area contributed by atoms with Gasteiger partial charge in [-0.05, 0) is 31.0 Å². The molecule has 4 rings (SSSR count). The summed E-state index contributed by atoms with van der Waals surface area (Å²) in [7, 11) is 3.96. The van der Waals surface area contributed by atoms with Gasteiger partial charge < -0.3 is 9.80 Å². The standard InChI is InChI=1S/C17H20ClN7/c1-23(2)16-4-3-15-20-21-17(25(15)22-16)12-6-9-24(10-7-12)14-5-8-19-11-13(14)18/h3-5,8,11-12H,6-7,9-10H2,1-2H3. The molecule has 130 valence electrons. The van der Waals surface area contributed by atoms with Gasteiger partial charge in [0.1, 0.15) is 5.82 Å². The highest BCUT2D eigenvalue weighted by molar-refractivity contribution is 6.33. The minimum atomic E-state index is 0.344. The molecule has 25 heavy (non-hydrogen) atoms. The molecular weight excluding hydrogens is 338 g/mol. The molecule has 0 aromatic carbocycles. The van der Waals surface area contributed by atoms with Gasteiger partial charge in [-0.2, -0.15) is 4.52 Å². The molecule has 3 aromatic heterocycles. The lowest BCUT2D eigenvalue weighted by Crippen LogP contribution is -2.33. The number of nitrogens with zero attached hydrogens (tertiary/aromatic N) is 7. The normalized spacial score (nSPS) is 15.7. The van der Waals surface area contributed by atoms with Crippen molar-refractivity contribution in [1.29, 1.82) is 0 Å². The fourth-order valence-corrected chi connectivity index (χ4v) is 3.53. The van der Waals surface area contributed by atoms with Crippen molar-refractivity contribution in [2.24, 2.45) is 0 Å². The molecule has 0 atom stereocenters. The zero-order chi connectivity index (χ0) is 17.4. The van der Waals surface area contributed by atoms with E-state index in [4.69, 9.17) is 11.6 Å². The predicted octanol–water partition coefficient (Wildman–Crippen LogP) is 2.62. The monoisotopic (exact) mass is 357 g/mol. The molecule has 1 fully saturated rings. The summed E-state index contributed by atoms with van der Waals surface area (Å²) in [5.74, 6) is 2.19. The first-order valence-electron chi connectivity index (χ1n) is 8.37. The lowest BCUT2D eigenvalue weighted by molar-refractivity contribution is 0.477. The Labute approximate surface area is 151 Å². The van der Waals surface area contributed by atoms with Crippen LogP contribution in [0.2, 0.25) is 5.02 Å². The summed E-state index contributed by atoms with van der Waals surface area (Å²) in [6.45, 7) is 1.85. The number of anilines is 2. The fraction of sp³-hybridized carbons (Fsp3) is 0.412. The van der Waals surface area contributed by atoms with Crippen LogP contribution in [-0.2, 0) is 0 Å². The quantitative estimate of drug-likeness (QED) is 0.718. The predicted molar refractivity (Wildman–Crippen MR) is 98.5 cm³/mol. The Bertz CT molecular complexity index is 884. The number of rotatable bonds is 3. The first-order chi connectivity index (χ1) is 12.1. The van der Waals surface area contributed by atoms with Gasteiger partial charge in [-0.3, -0.25) is 4.98 Å². The van der Waals surface area contributed by atoms with Crippen LogP contribution in [0.4, 0.5) is 11.5 Å². The number of pyridine rings is 1. The molecule has 1 saturated heterocycles. The Morgan fingerprint density at radius 2 is 1.92 bits per heavy atom. The van der Waals surface area contributed by atoms with Crippen LogP contribution in [0.5, 0.6) is 0 Å². The molecule has 4 heterocycles. The SMILES string of the molecule is CN(C)c1ccc2nnc(C3CCN(c4ccncc4Cl)CC3)n2n1. The maximum Gasteiger partial charge on any atom is 0.178 e. The van der Waals surface area contributed by atoms with E-state index in [0.717, 1.165) is 48.9 Å². The minimum absolute atomic E-state index is 0.344. The largest absolute Gasteiger partial charge is 0.370 e. The van der Waals surface area contributed by atoms with E-state index in [1.54, 1.807) is 12.4 Å². The van der Waals surface area contributed by atoms with E-state index in [9.17, 15) is 0 Å². The van der Waals surface area contributed by atoms with Crippen molar-refractivity contribution in [3.05, 3.63) is 41.4 Å². The van der Waals surface area contributed by atoms with Gasteiger partial charge in [0.25, 0.3) is 0 Å². The third kappa shape index (κ3) is 3.00. The van der Waals surface area contributed by atoms with Crippen LogP contribution in [0, 0.1) is 0 Å². The molecule has 0 spiro atoms. The summed E-state index contributed by atoms with van der Waals surface area (Å²) in [5.41, 5.74) is 1.84. The number of halogens is 1. The molecule has 3 aromatic rings. The zero-order valence-corrected chi connectivity index (χ0v) is 15.1. The third-order valence-corrected chi connectivity index (χ3v) is 4.97. The first kappa shape index (κ1) is 16.1. The van der Waals surface area contributed by atoms with Crippen LogP contribution in [0.25, 0.3) is 5.65 Å². The zero-order valence-electron chi connectivity index (χ0n) is 14.3. The summed E-state index contributed by atoms with van der Waals surface area (Å²) < 4.78 is 1.88. The second-order valence-electron chi connectivity index (χ2n) is 6.50. The van der Waals surface area contributed by atoms with Crippen LogP contribution in [0.3, 0.4) is 0 Å². The van der Waals surface area contributed by atoms with Crippen molar-refractivity contribution >= 4 is 28.8 Å². The second-order valence-corrected chi connectivity index (χ2v) is 6.91. The average Bonchev–Trinajstić information content (AvgIpc) is 3.05. The van der Waals surface area contributed by atoms with Crippen LogP contribution < -0.4 is 9.80 Å². The van der Waals surface area contributed by atoms with Crippen molar-refractivity contribution < 1.29 is 0 Å². The molecule has 0 N–H and O–H groups in total. The van der Waals surface area contributed by atoms with Gasteiger partial charge >= 0.3 is 0 Å². The molecule has 1 aliphatic rings. The van der Waals surface area contributed by atoms with Gasteiger partial charge in [-0.1, -0.05) is 11.6 Å². The van der Waals surface area contributed by atoms with E-state index < -0.39 is 0 Å². The minimum Gasteiger partial charge on any atom is -0.370 e. The van der Waals surface area contributed by atoms with Gasteiger partial charge in [0.05, 0.1) is 10.7 Å². The number of piperidine rings is 1. The molecule has 0 radical (unpaired) electrons. The number of hydrogen-bond acceptors (Lipinski definition) is 6. The van der Waals surface area contributed by atoms with Crippen LogP contribution in [0.1, 0.15) is 24.6 Å². The highest BCUT2D eigenvalue weighted by atomic mass is 35.5. The summed E-state index contributed by atoms with van der Waals surface area (Å²) >= 11 is 6.27. The van der Waals surface area contributed by atoms with E-state index in [-0.39, 0.29) is 0 Å².